The lowest BCUT2D eigenvalue weighted by molar-refractivity contribution is 0.0974. The minimum absolute atomic E-state index is 0.0289. The number of hydrogen-bond acceptors (Lipinski definition) is 6. The molecule has 12 heteroatoms. The number of furan rings is 1. The van der Waals surface area contributed by atoms with E-state index >= 15 is 0 Å². The van der Waals surface area contributed by atoms with Crippen LogP contribution in [0.15, 0.2) is 99.4 Å². The van der Waals surface area contributed by atoms with Crippen molar-refractivity contribution in [2.45, 2.75) is 11.4 Å². The van der Waals surface area contributed by atoms with E-state index in [9.17, 15) is 26.8 Å². The molecule has 0 fully saturated rings. The summed E-state index contributed by atoms with van der Waals surface area (Å²) in [5, 5.41) is 0.948. The van der Waals surface area contributed by atoms with Gasteiger partial charge in [0.25, 0.3) is 21.5 Å². The van der Waals surface area contributed by atoms with E-state index in [-0.39, 0.29) is 33.8 Å². The van der Waals surface area contributed by atoms with Gasteiger partial charge in [0.05, 0.1) is 30.3 Å². The number of pyridine rings is 1. The molecule has 1 amide bonds. The van der Waals surface area contributed by atoms with Gasteiger partial charge in [0.2, 0.25) is 0 Å². The molecule has 0 saturated heterocycles. The highest BCUT2D eigenvalue weighted by Gasteiger charge is 2.30. The lowest BCUT2D eigenvalue weighted by Crippen LogP contribution is -2.33. The van der Waals surface area contributed by atoms with Crippen LogP contribution in [0.1, 0.15) is 16.1 Å². The topological polar surface area (TPSA) is 123 Å². The van der Waals surface area contributed by atoms with E-state index in [2.05, 4.69) is 9.71 Å². The second-order valence-electron chi connectivity index (χ2n) is 9.36. The van der Waals surface area contributed by atoms with Crippen LogP contribution in [0, 0.1) is 11.6 Å². The zero-order valence-corrected chi connectivity index (χ0v) is 22.7. The van der Waals surface area contributed by atoms with E-state index in [0.29, 0.717) is 33.7 Å². The fourth-order valence-corrected chi connectivity index (χ4v) is 5.93. The van der Waals surface area contributed by atoms with Crippen molar-refractivity contribution in [3.05, 3.63) is 119 Å². The first-order chi connectivity index (χ1) is 20.2. The number of amides is 1. The van der Waals surface area contributed by atoms with Gasteiger partial charge in [-0.05, 0) is 60.7 Å². The lowest BCUT2D eigenvalue weighted by atomic mass is 10.0. The molecule has 0 bridgehead atoms. The first kappa shape index (κ1) is 27.0. The predicted molar refractivity (Wildman–Crippen MR) is 151 cm³/mol. The van der Waals surface area contributed by atoms with E-state index in [0.717, 1.165) is 6.07 Å². The number of hydrogen-bond donors (Lipinski definition) is 2. The smallest absolute Gasteiger partial charge is 0.282 e. The van der Waals surface area contributed by atoms with Gasteiger partial charge < -0.3 is 18.7 Å². The number of halogens is 2. The van der Waals surface area contributed by atoms with Crippen molar-refractivity contribution in [3.8, 4) is 16.9 Å². The van der Waals surface area contributed by atoms with Crippen LogP contribution in [-0.2, 0) is 16.6 Å². The molecule has 3 aromatic heterocycles. The van der Waals surface area contributed by atoms with Crippen LogP contribution in [0.5, 0.6) is 5.75 Å². The van der Waals surface area contributed by atoms with Crippen molar-refractivity contribution >= 4 is 37.8 Å². The Morgan fingerprint density at radius 2 is 1.83 bits per heavy atom. The first-order valence-corrected chi connectivity index (χ1v) is 14.0. The third kappa shape index (κ3) is 4.61. The van der Waals surface area contributed by atoms with Crippen LogP contribution in [0.3, 0.4) is 0 Å². The Morgan fingerprint density at radius 1 is 1.05 bits per heavy atom. The number of carbonyl (C=O) groups excluding carboxylic acids is 1. The lowest BCUT2D eigenvalue weighted by Gasteiger charge is -2.14. The fourth-order valence-electron chi connectivity index (χ4n) is 4.98. The summed E-state index contributed by atoms with van der Waals surface area (Å²) in [7, 11) is -2.98. The molecule has 3 heterocycles. The average Bonchev–Trinajstić information content (AvgIpc) is 3.57. The summed E-state index contributed by atoms with van der Waals surface area (Å²) >= 11 is 0. The maximum atomic E-state index is 14.9. The Labute approximate surface area is 237 Å². The van der Waals surface area contributed by atoms with Gasteiger partial charge in [0.1, 0.15) is 28.7 Å². The third-order valence-electron chi connectivity index (χ3n) is 6.90. The van der Waals surface area contributed by atoms with Gasteiger partial charge in [-0.3, -0.25) is 9.59 Å². The van der Waals surface area contributed by atoms with E-state index in [1.54, 1.807) is 24.3 Å². The minimum Gasteiger partial charge on any atom is -0.497 e. The second kappa shape index (κ2) is 10.3. The maximum absolute atomic E-state index is 14.9. The Hall–Kier alpha value is -5.23. The first-order valence-electron chi connectivity index (χ1n) is 12.5. The number of sulfonamides is 1. The largest absolute Gasteiger partial charge is 0.497 e. The molecule has 0 atom stereocenters. The van der Waals surface area contributed by atoms with E-state index in [4.69, 9.17) is 9.15 Å². The molecule has 42 heavy (non-hydrogen) atoms. The van der Waals surface area contributed by atoms with Crippen LogP contribution < -0.4 is 15.0 Å². The van der Waals surface area contributed by atoms with Crippen molar-refractivity contribution in [2.75, 3.05) is 7.11 Å². The highest BCUT2D eigenvalue weighted by Crippen LogP contribution is 2.39. The summed E-state index contributed by atoms with van der Waals surface area (Å²) in [6.07, 6.45) is 2.86. The highest BCUT2D eigenvalue weighted by atomic mass is 32.2. The summed E-state index contributed by atoms with van der Waals surface area (Å²) in [6, 6.07) is 16.4. The summed E-state index contributed by atoms with van der Waals surface area (Å²) in [4.78, 5) is 29.5. The quantitative estimate of drug-likeness (QED) is 0.264. The zero-order chi connectivity index (χ0) is 29.6. The maximum Gasteiger partial charge on any atom is 0.282 e. The number of methoxy groups -OCH3 is 1. The number of benzene rings is 3. The minimum atomic E-state index is -4.41. The number of nitrogens with zero attached hydrogens (tertiary/aromatic N) is 1. The van der Waals surface area contributed by atoms with Crippen LogP contribution in [0.2, 0.25) is 0 Å². The molecule has 6 rings (SSSR count). The average molecular weight is 590 g/mol. The van der Waals surface area contributed by atoms with Crippen molar-refractivity contribution in [2.24, 2.45) is 0 Å². The molecule has 9 nitrogen and oxygen atoms in total. The molecule has 0 radical (unpaired) electrons. The van der Waals surface area contributed by atoms with Crippen molar-refractivity contribution < 1.29 is 31.1 Å². The van der Waals surface area contributed by atoms with Gasteiger partial charge in [-0.25, -0.2) is 21.9 Å². The van der Waals surface area contributed by atoms with Crippen molar-refractivity contribution in [1.82, 2.24) is 14.3 Å². The Bertz CT molecular complexity index is 2170. The number of aromatic amines is 1. The zero-order valence-electron chi connectivity index (χ0n) is 21.9. The number of H-pyrrole nitrogens is 1. The molecule has 0 saturated carbocycles. The van der Waals surface area contributed by atoms with Crippen LogP contribution >= 0.6 is 0 Å². The highest BCUT2D eigenvalue weighted by molar-refractivity contribution is 7.90. The molecule has 6 aromatic rings. The molecular weight excluding hydrogens is 568 g/mol. The molecule has 0 aliphatic heterocycles. The van der Waals surface area contributed by atoms with Crippen LogP contribution in [-0.4, -0.2) is 31.0 Å². The van der Waals surface area contributed by atoms with E-state index in [1.807, 2.05) is 0 Å². The molecule has 0 aliphatic carbocycles. The van der Waals surface area contributed by atoms with E-state index < -0.39 is 33.1 Å². The van der Waals surface area contributed by atoms with Gasteiger partial charge in [-0.1, -0.05) is 6.07 Å². The van der Waals surface area contributed by atoms with Gasteiger partial charge in [-0.2, -0.15) is 0 Å². The SMILES string of the molecule is COc1ccc(S(=O)(=O)NC(=O)c2c(-c3ccc[nH]c3=O)c3c4ccoc4ccc3n2Cc2ccc(F)cc2F)cc1. The molecule has 0 spiro atoms. The van der Waals surface area contributed by atoms with Gasteiger partial charge >= 0.3 is 0 Å². The summed E-state index contributed by atoms with van der Waals surface area (Å²) < 4.78 is 69.4. The van der Waals surface area contributed by atoms with Gasteiger partial charge in [0.15, 0.2) is 0 Å². The third-order valence-corrected chi connectivity index (χ3v) is 8.25. The fraction of sp³-hybridized carbons (Fsp3) is 0.0667. The summed E-state index contributed by atoms with van der Waals surface area (Å²) in [5.74, 6) is -2.30. The number of aromatic nitrogens is 2. The van der Waals surface area contributed by atoms with Gasteiger partial charge in [-0.15, -0.1) is 0 Å². The number of fused-ring (bicyclic) bond motifs is 3. The molecule has 0 aliphatic rings. The molecule has 212 valence electrons. The molecule has 2 N–H and O–H groups in total. The predicted octanol–water partition coefficient (Wildman–Crippen LogP) is 5.20. The Morgan fingerprint density at radius 3 is 2.55 bits per heavy atom. The summed E-state index contributed by atoms with van der Waals surface area (Å²) in [5.41, 5.74) is 0.275. The number of nitrogens with one attached hydrogen (secondary N) is 2. The Kier molecular flexibility index (Phi) is 6.62. The van der Waals surface area contributed by atoms with Crippen molar-refractivity contribution in [1.29, 1.82) is 0 Å². The van der Waals surface area contributed by atoms with E-state index in [1.165, 1.54) is 60.5 Å². The number of rotatable bonds is 7. The van der Waals surface area contributed by atoms with Gasteiger partial charge in [0, 0.05) is 39.7 Å². The number of ether oxygens (including phenoxy) is 1. The normalized spacial score (nSPS) is 11.7. The van der Waals surface area contributed by atoms with Crippen LogP contribution in [0.25, 0.3) is 33.0 Å². The molecule has 3 aromatic carbocycles. The summed E-state index contributed by atoms with van der Waals surface area (Å²) in [6.45, 7) is -0.290. The monoisotopic (exact) mass is 589 g/mol. The van der Waals surface area contributed by atoms with Crippen LogP contribution in [0.4, 0.5) is 8.78 Å². The van der Waals surface area contributed by atoms with Crippen molar-refractivity contribution in [3.63, 3.8) is 0 Å². The number of carbonyl (C=O) groups is 1. The molecular formula is C30H21F2N3O6S. The molecule has 0 unspecified atom stereocenters. The second-order valence-corrected chi connectivity index (χ2v) is 11.0. The Balaban J connectivity index is 1.63. The standard InChI is InChI=1S/C30H21F2N3O6S/c1-40-19-6-8-20(9-7-19)42(38,39)34-30(37)28-27(22-3-2-13-33-29(22)36)26-21-12-14-41-25(21)11-10-24(26)35(28)16-17-4-5-18(31)15-23(17)32/h2-15H,16H2,1H3,(H,33,36)(H,34,37).